The molecule has 1 aromatic carbocycles. The highest BCUT2D eigenvalue weighted by Crippen LogP contribution is 2.33. The summed E-state index contributed by atoms with van der Waals surface area (Å²) in [5, 5.41) is 35.5. The average molecular weight is 307 g/mol. The zero-order chi connectivity index (χ0) is 15.9. The lowest BCUT2D eigenvalue weighted by Gasteiger charge is -2.22. The Morgan fingerprint density at radius 3 is 2.82 bits per heavy atom. The Morgan fingerprint density at radius 2 is 2.23 bits per heavy atom. The molecule has 0 spiro atoms. The molecule has 118 valence electrons. The van der Waals surface area contributed by atoms with Crippen LogP contribution in [0.5, 0.6) is 0 Å². The standard InChI is InChI=1S/C14H17N3O5/c1-14(18,19)10-7-11-9(6-12(10)17(20)21)8-16(15-11)13-4-2-3-5-22-13/h6-8,13,18-19H,2-5H2,1H3. The van der Waals surface area contributed by atoms with Gasteiger partial charge in [0.05, 0.1) is 16.0 Å². The van der Waals surface area contributed by atoms with Crippen LogP contribution in [-0.2, 0) is 10.5 Å². The quantitative estimate of drug-likeness (QED) is 0.508. The van der Waals surface area contributed by atoms with Gasteiger partial charge in [0.15, 0.2) is 5.79 Å². The molecule has 0 saturated carbocycles. The molecule has 1 fully saturated rings. The summed E-state index contributed by atoms with van der Waals surface area (Å²) in [6.45, 7) is 1.75. The number of nitrogens with zero attached hydrogens (tertiary/aromatic N) is 3. The lowest BCUT2D eigenvalue weighted by Crippen LogP contribution is -2.21. The van der Waals surface area contributed by atoms with Crippen LogP contribution in [0.15, 0.2) is 18.3 Å². The molecule has 2 heterocycles. The summed E-state index contributed by atoms with van der Waals surface area (Å²) in [4.78, 5) is 10.5. The van der Waals surface area contributed by atoms with E-state index in [4.69, 9.17) is 4.74 Å². The van der Waals surface area contributed by atoms with Crippen LogP contribution in [0.4, 0.5) is 5.69 Å². The minimum absolute atomic E-state index is 0.181. The second kappa shape index (κ2) is 5.31. The third-order valence-electron chi connectivity index (χ3n) is 3.80. The minimum Gasteiger partial charge on any atom is -0.362 e. The normalized spacial score (nSPS) is 19.5. The van der Waals surface area contributed by atoms with E-state index in [0.29, 0.717) is 17.5 Å². The first kappa shape index (κ1) is 14.9. The van der Waals surface area contributed by atoms with Gasteiger partial charge in [-0.15, -0.1) is 0 Å². The van der Waals surface area contributed by atoms with E-state index >= 15 is 0 Å². The number of aromatic nitrogens is 2. The molecule has 1 unspecified atom stereocenters. The van der Waals surface area contributed by atoms with Gasteiger partial charge in [0.25, 0.3) is 5.69 Å². The van der Waals surface area contributed by atoms with Crippen molar-refractivity contribution in [2.45, 2.75) is 38.2 Å². The number of hydrogen-bond acceptors (Lipinski definition) is 6. The van der Waals surface area contributed by atoms with Crippen LogP contribution in [0, 0.1) is 10.1 Å². The lowest BCUT2D eigenvalue weighted by molar-refractivity contribution is -0.387. The first-order valence-electron chi connectivity index (χ1n) is 7.10. The molecule has 1 aliphatic rings. The average Bonchev–Trinajstić information content (AvgIpc) is 2.89. The van der Waals surface area contributed by atoms with Gasteiger partial charge in [-0.25, -0.2) is 4.68 Å². The summed E-state index contributed by atoms with van der Waals surface area (Å²) in [5.41, 5.74) is -0.0620. The maximum atomic E-state index is 11.2. The second-order valence-electron chi connectivity index (χ2n) is 5.64. The number of aliphatic hydroxyl groups is 2. The Labute approximate surface area is 126 Å². The summed E-state index contributed by atoms with van der Waals surface area (Å²) < 4.78 is 7.28. The molecule has 2 N–H and O–H groups in total. The summed E-state index contributed by atoms with van der Waals surface area (Å²) in [5.74, 6) is -2.30. The Morgan fingerprint density at radius 1 is 1.45 bits per heavy atom. The van der Waals surface area contributed by atoms with Crippen LogP contribution < -0.4 is 0 Å². The summed E-state index contributed by atoms with van der Waals surface area (Å²) >= 11 is 0. The minimum atomic E-state index is -2.30. The van der Waals surface area contributed by atoms with Crippen LogP contribution in [0.2, 0.25) is 0 Å². The number of benzene rings is 1. The summed E-state index contributed by atoms with van der Waals surface area (Å²) in [7, 11) is 0. The van der Waals surface area contributed by atoms with Crippen molar-refractivity contribution in [2.24, 2.45) is 0 Å². The van der Waals surface area contributed by atoms with E-state index in [2.05, 4.69) is 5.10 Å². The maximum absolute atomic E-state index is 11.2. The molecular weight excluding hydrogens is 290 g/mol. The Balaban J connectivity index is 2.09. The van der Waals surface area contributed by atoms with Gasteiger partial charge in [0.1, 0.15) is 6.23 Å². The van der Waals surface area contributed by atoms with Gasteiger partial charge in [-0.05, 0) is 32.3 Å². The molecule has 8 heteroatoms. The van der Waals surface area contributed by atoms with Crippen molar-refractivity contribution < 1.29 is 19.9 Å². The smallest absolute Gasteiger partial charge is 0.278 e. The van der Waals surface area contributed by atoms with E-state index < -0.39 is 10.7 Å². The molecule has 2 aromatic rings. The molecule has 1 aliphatic heterocycles. The Kier molecular flexibility index (Phi) is 3.59. The lowest BCUT2D eigenvalue weighted by atomic mass is 10.0. The van der Waals surface area contributed by atoms with E-state index in [1.165, 1.54) is 12.1 Å². The number of ether oxygens (including phenoxy) is 1. The fraction of sp³-hybridized carbons (Fsp3) is 0.500. The number of nitro groups is 1. The van der Waals surface area contributed by atoms with E-state index in [1.807, 2.05) is 0 Å². The van der Waals surface area contributed by atoms with E-state index in [-0.39, 0.29) is 17.5 Å². The zero-order valence-electron chi connectivity index (χ0n) is 12.1. The van der Waals surface area contributed by atoms with Crippen molar-refractivity contribution >= 4 is 16.6 Å². The van der Waals surface area contributed by atoms with Gasteiger partial charge in [-0.1, -0.05) is 0 Å². The Hall–Kier alpha value is -2.03. The van der Waals surface area contributed by atoms with E-state index in [1.54, 1.807) is 10.9 Å². The van der Waals surface area contributed by atoms with Crippen LogP contribution in [-0.4, -0.2) is 31.5 Å². The van der Waals surface area contributed by atoms with Gasteiger partial charge in [-0.3, -0.25) is 10.1 Å². The molecule has 3 rings (SSSR count). The van der Waals surface area contributed by atoms with E-state index in [0.717, 1.165) is 26.2 Å². The Bertz CT molecular complexity index is 713. The SMILES string of the molecule is CC(O)(O)c1cc2nn(C3CCCCO3)cc2cc1[N+](=O)[O-]. The maximum Gasteiger partial charge on any atom is 0.278 e. The van der Waals surface area contributed by atoms with Crippen molar-refractivity contribution in [2.75, 3.05) is 6.61 Å². The van der Waals surface area contributed by atoms with Gasteiger partial charge in [-0.2, -0.15) is 5.10 Å². The molecule has 0 bridgehead atoms. The van der Waals surface area contributed by atoms with Gasteiger partial charge in [0.2, 0.25) is 0 Å². The number of fused-ring (bicyclic) bond motifs is 1. The first-order valence-corrected chi connectivity index (χ1v) is 7.10. The van der Waals surface area contributed by atoms with Crippen LogP contribution in [0.1, 0.15) is 38.0 Å². The van der Waals surface area contributed by atoms with Gasteiger partial charge < -0.3 is 14.9 Å². The van der Waals surface area contributed by atoms with Gasteiger partial charge in [0, 0.05) is 24.3 Å². The molecule has 8 nitrogen and oxygen atoms in total. The fourth-order valence-corrected chi connectivity index (χ4v) is 2.69. The largest absolute Gasteiger partial charge is 0.362 e. The number of hydrogen-bond donors (Lipinski definition) is 2. The molecule has 0 radical (unpaired) electrons. The third kappa shape index (κ3) is 2.68. The number of rotatable bonds is 3. The topological polar surface area (TPSA) is 111 Å². The molecule has 1 atom stereocenters. The van der Waals surface area contributed by atoms with Crippen molar-refractivity contribution in [3.8, 4) is 0 Å². The van der Waals surface area contributed by atoms with Crippen LogP contribution in [0.25, 0.3) is 10.9 Å². The highest BCUT2D eigenvalue weighted by atomic mass is 16.6. The molecular formula is C14H17N3O5. The predicted octanol–water partition coefficient (Wildman–Crippen LogP) is 1.80. The highest BCUT2D eigenvalue weighted by molar-refractivity contribution is 5.82. The van der Waals surface area contributed by atoms with Crippen molar-refractivity contribution in [3.05, 3.63) is 34.0 Å². The van der Waals surface area contributed by atoms with Crippen LogP contribution >= 0.6 is 0 Å². The second-order valence-corrected chi connectivity index (χ2v) is 5.64. The molecule has 0 amide bonds. The molecule has 1 aromatic heterocycles. The van der Waals surface area contributed by atoms with E-state index in [9.17, 15) is 20.3 Å². The summed E-state index contributed by atoms with van der Waals surface area (Å²) in [6.07, 6.45) is 4.39. The zero-order valence-corrected chi connectivity index (χ0v) is 12.1. The van der Waals surface area contributed by atoms with Crippen molar-refractivity contribution in [1.29, 1.82) is 0 Å². The number of nitro benzene ring substituents is 1. The third-order valence-corrected chi connectivity index (χ3v) is 3.80. The highest BCUT2D eigenvalue weighted by Gasteiger charge is 2.30. The monoisotopic (exact) mass is 307 g/mol. The summed E-state index contributed by atoms with van der Waals surface area (Å²) in [6, 6.07) is 2.65. The van der Waals surface area contributed by atoms with Crippen molar-refractivity contribution in [3.63, 3.8) is 0 Å². The predicted molar refractivity (Wildman–Crippen MR) is 77.0 cm³/mol. The molecule has 1 saturated heterocycles. The molecule has 0 aliphatic carbocycles. The fourth-order valence-electron chi connectivity index (χ4n) is 2.69. The van der Waals surface area contributed by atoms with Crippen LogP contribution in [0.3, 0.4) is 0 Å². The van der Waals surface area contributed by atoms with Crippen molar-refractivity contribution in [1.82, 2.24) is 9.78 Å². The first-order chi connectivity index (χ1) is 10.4. The molecule has 22 heavy (non-hydrogen) atoms. The van der Waals surface area contributed by atoms with Gasteiger partial charge >= 0.3 is 0 Å².